The molecule has 0 spiro atoms. The van der Waals surface area contributed by atoms with Gasteiger partial charge in [-0.15, -0.1) is 0 Å². The van der Waals surface area contributed by atoms with Crippen molar-refractivity contribution in [2.75, 3.05) is 6.61 Å². The standard InChI is InChI=1S/C15H20ClNO3/c1-5-12(18)11-8-10(16)6-7-13(11)20-9-14(19)17-15(2,3)4/h6-8H,5,9H2,1-4H3,(H,17,19). The third-order valence-electron chi connectivity index (χ3n) is 2.44. The predicted molar refractivity (Wildman–Crippen MR) is 79.5 cm³/mol. The summed E-state index contributed by atoms with van der Waals surface area (Å²) in [6.45, 7) is 7.29. The molecule has 0 aromatic heterocycles. The molecule has 0 saturated carbocycles. The summed E-state index contributed by atoms with van der Waals surface area (Å²) in [6, 6.07) is 4.80. The van der Waals surface area contributed by atoms with Gasteiger partial charge in [-0.25, -0.2) is 0 Å². The van der Waals surface area contributed by atoms with Crippen molar-refractivity contribution in [3.63, 3.8) is 0 Å². The van der Waals surface area contributed by atoms with Crippen LogP contribution in [0.2, 0.25) is 5.02 Å². The first-order valence-electron chi connectivity index (χ1n) is 6.49. The van der Waals surface area contributed by atoms with Crippen LogP contribution in [0.1, 0.15) is 44.5 Å². The van der Waals surface area contributed by atoms with Gasteiger partial charge >= 0.3 is 0 Å². The van der Waals surface area contributed by atoms with Crippen LogP contribution < -0.4 is 10.1 Å². The Bertz CT molecular complexity index is 506. The lowest BCUT2D eigenvalue weighted by molar-refractivity contribution is -0.124. The normalized spacial score (nSPS) is 11.1. The molecule has 0 bridgehead atoms. The predicted octanol–water partition coefficient (Wildman–Crippen LogP) is 3.23. The summed E-state index contributed by atoms with van der Waals surface area (Å²) >= 11 is 5.88. The summed E-state index contributed by atoms with van der Waals surface area (Å²) in [5, 5.41) is 3.25. The number of benzene rings is 1. The number of ether oxygens (including phenoxy) is 1. The van der Waals surface area contributed by atoms with E-state index in [1.807, 2.05) is 20.8 Å². The Morgan fingerprint density at radius 3 is 2.50 bits per heavy atom. The molecular weight excluding hydrogens is 278 g/mol. The van der Waals surface area contributed by atoms with Crippen molar-refractivity contribution in [3.05, 3.63) is 28.8 Å². The van der Waals surface area contributed by atoms with Gasteiger partial charge in [-0.1, -0.05) is 18.5 Å². The minimum absolute atomic E-state index is 0.0706. The Kier molecular flexibility index (Phi) is 5.57. The molecule has 5 heteroatoms. The SMILES string of the molecule is CCC(=O)c1cc(Cl)ccc1OCC(=O)NC(C)(C)C. The lowest BCUT2D eigenvalue weighted by Gasteiger charge is -2.20. The number of hydrogen-bond donors (Lipinski definition) is 1. The fourth-order valence-corrected chi connectivity index (χ4v) is 1.81. The first-order chi connectivity index (χ1) is 9.23. The molecule has 0 fully saturated rings. The Morgan fingerprint density at radius 1 is 1.30 bits per heavy atom. The fraction of sp³-hybridized carbons (Fsp3) is 0.467. The van der Waals surface area contributed by atoms with Crippen molar-refractivity contribution < 1.29 is 14.3 Å². The van der Waals surface area contributed by atoms with Gasteiger partial charge in [0.15, 0.2) is 12.4 Å². The molecule has 0 aliphatic rings. The summed E-state index contributed by atoms with van der Waals surface area (Å²) in [6.07, 6.45) is 0.352. The van der Waals surface area contributed by atoms with Gasteiger partial charge < -0.3 is 10.1 Å². The maximum atomic E-state index is 11.8. The van der Waals surface area contributed by atoms with E-state index in [1.165, 1.54) is 0 Å². The number of hydrogen-bond acceptors (Lipinski definition) is 3. The number of carbonyl (C=O) groups is 2. The van der Waals surface area contributed by atoms with Gasteiger partial charge in [0.1, 0.15) is 5.75 Å². The van der Waals surface area contributed by atoms with Gasteiger partial charge in [0.25, 0.3) is 5.91 Å². The highest BCUT2D eigenvalue weighted by atomic mass is 35.5. The second kappa shape index (κ2) is 6.75. The molecule has 4 nitrogen and oxygen atoms in total. The molecule has 0 unspecified atom stereocenters. The van der Waals surface area contributed by atoms with Crippen LogP contribution in [0.3, 0.4) is 0 Å². The van der Waals surface area contributed by atoms with E-state index >= 15 is 0 Å². The topological polar surface area (TPSA) is 55.4 Å². The average Bonchev–Trinajstić information content (AvgIpc) is 2.34. The van der Waals surface area contributed by atoms with E-state index in [1.54, 1.807) is 25.1 Å². The minimum Gasteiger partial charge on any atom is -0.483 e. The third kappa shape index (κ3) is 5.21. The van der Waals surface area contributed by atoms with Gasteiger partial charge in [0.05, 0.1) is 5.56 Å². The average molecular weight is 298 g/mol. The third-order valence-corrected chi connectivity index (χ3v) is 2.67. The molecule has 1 aromatic rings. The van der Waals surface area contributed by atoms with Gasteiger partial charge in [-0.05, 0) is 39.0 Å². The van der Waals surface area contributed by atoms with Gasteiger partial charge in [0, 0.05) is 17.0 Å². The molecule has 0 radical (unpaired) electrons. The van der Waals surface area contributed by atoms with E-state index < -0.39 is 0 Å². The number of Topliss-reactive ketones (excluding diaryl/α,β-unsaturated/α-hetero) is 1. The summed E-state index contributed by atoms with van der Waals surface area (Å²) < 4.78 is 5.43. The van der Waals surface area contributed by atoms with Crippen LogP contribution in [0.5, 0.6) is 5.75 Å². The number of nitrogens with one attached hydrogen (secondary N) is 1. The second-order valence-electron chi connectivity index (χ2n) is 5.50. The van der Waals surface area contributed by atoms with Crippen LogP contribution in [0.15, 0.2) is 18.2 Å². The smallest absolute Gasteiger partial charge is 0.258 e. The zero-order valence-corrected chi connectivity index (χ0v) is 13.0. The molecule has 1 N–H and O–H groups in total. The molecule has 1 amide bonds. The van der Waals surface area contributed by atoms with Crippen LogP contribution in [0.4, 0.5) is 0 Å². The zero-order chi connectivity index (χ0) is 15.3. The fourth-order valence-electron chi connectivity index (χ4n) is 1.63. The molecular formula is C15H20ClNO3. The summed E-state index contributed by atoms with van der Waals surface area (Å²) in [7, 11) is 0. The molecule has 0 saturated heterocycles. The lowest BCUT2D eigenvalue weighted by atomic mass is 10.1. The van der Waals surface area contributed by atoms with E-state index in [2.05, 4.69) is 5.32 Å². The van der Waals surface area contributed by atoms with E-state index in [9.17, 15) is 9.59 Å². The van der Waals surface area contributed by atoms with Crippen LogP contribution in [0, 0.1) is 0 Å². The quantitative estimate of drug-likeness (QED) is 0.849. The van der Waals surface area contributed by atoms with Crippen molar-refractivity contribution in [1.29, 1.82) is 0 Å². The summed E-state index contributed by atoms with van der Waals surface area (Å²) in [4.78, 5) is 23.5. The monoisotopic (exact) mass is 297 g/mol. The highest BCUT2D eigenvalue weighted by Gasteiger charge is 2.16. The van der Waals surface area contributed by atoms with Crippen molar-refractivity contribution in [3.8, 4) is 5.75 Å². The van der Waals surface area contributed by atoms with Gasteiger partial charge in [-0.2, -0.15) is 0 Å². The van der Waals surface area contributed by atoms with Gasteiger partial charge in [0.2, 0.25) is 0 Å². The second-order valence-corrected chi connectivity index (χ2v) is 5.94. The Morgan fingerprint density at radius 2 is 1.95 bits per heavy atom. The zero-order valence-electron chi connectivity index (χ0n) is 12.2. The number of carbonyl (C=O) groups excluding carboxylic acids is 2. The largest absolute Gasteiger partial charge is 0.483 e. The number of ketones is 1. The number of halogens is 1. The molecule has 0 atom stereocenters. The summed E-state index contributed by atoms with van der Waals surface area (Å²) in [5.74, 6) is 0.0754. The van der Waals surface area contributed by atoms with Crippen LogP contribution in [-0.4, -0.2) is 23.8 Å². The molecule has 0 aliphatic heterocycles. The lowest BCUT2D eigenvalue weighted by Crippen LogP contribution is -2.43. The maximum Gasteiger partial charge on any atom is 0.258 e. The molecule has 110 valence electrons. The summed E-state index contributed by atoms with van der Waals surface area (Å²) in [5.41, 5.74) is 0.0891. The maximum absolute atomic E-state index is 11.8. The van der Waals surface area contributed by atoms with Crippen molar-refractivity contribution in [1.82, 2.24) is 5.32 Å². The Labute approximate surface area is 124 Å². The van der Waals surface area contributed by atoms with E-state index in [0.717, 1.165) is 0 Å². The molecule has 1 rings (SSSR count). The molecule has 0 aliphatic carbocycles. The van der Waals surface area contributed by atoms with Crippen LogP contribution in [0.25, 0.3) is 0 Å². The van der Waals surface area contributed by atoms with E-state index in [4.69, 9.17) is 16.3 Å². The molecule has 1 aromatic carbocycles. The first-order valence-corrected chi connectivity index (χ1v) is 6.87. The van der Waals surface area contributed by atoms with Crippen LogP contribution >= 0.6 is 11.6 Å². The first kappa shape index (κ1) is 16.5. The Hall–Kier alpha value is -1.55. The van der Waals surface area contributed by atoms with E-state index in [0.29, 0.717) is 22.8 Å². The molecule has 20 heavy (non-hydrogen) atoms. The van der Waals surface area contributed by atoms with Crippen molar-refractivity contribution in [2.24, 2.45) is 0 Å². The van der Waals surface area contributed by atoms with Crippen molar-refractivity contribution in [2.45, 2.75) is 39.7 Å². The number of amides is 1. The van der Waals surface area contributed by atoms with E-state index in [-0.39, 0.29) is 23.8 Å². The highest BCUT2D eigenvalue weighted by molar-refractivity contribution is 6.31. The van der Waals surface area contributed by atoms with Crippen LogP contribution in [-0.2, 0) is 4.79 Å². The van der Waals surface area contributed by atoms with Crippen molar-refractivity contribution >= 4 is 23.3 Å². The minimum atomic E-state index is -0.317. The van der Waals surface area contributed by atoms with Gasteiger partial charge in [-0.3, -0.25) is 9.59 Å². The highest BCUT2D eigenvalue weighted by Crippen LogP contribution is 2.24. The number of rotatable bonds is 5. The Balaban J connectivity index is 2.78. The molecule has 0 heterocycles.